The summed E-state index contributed by atoms with van der Waals surface area (Å²) >= 11 is 5.07. The molecule has 1 unspecified atom stereocenters. The summed E-state index contributed by atoms with van der Waals surface area (Å²) in [5.74, 6) is 0.750. The van der Waals surface area contributed by atoms with E-state index in [1.807, 2.05) is 36.6 Å². The molecule has 2 nitrogen and oxygen atoms in total. The van der Waals surface area contributed by atoms with Gasteiger partial charge < -0.3 is 9.84 Å². The van der Waals surface area contributed by atoms with E-state index >= 15 is 0 Å². The van der Waals surface area contributed by atoms with Crippen LogP contribution in [0.3, 0.4) is 0 Å². The number of hydrogen-bond donors (Lipinski definition) is 1. The van der Waals surface area contributed by atoms with Gasteiger partial charge in [0.1, 0.15) is 12.4 Å². The van der Waals surface area contributed by atoms with Crippen LogP contribution in [0.1, 0.15) is 29.0 Å². The van der Waals surface area contributed by atoms with Gasteiger partial charge in [0, 0.05) is 20.3 Å². The van der Waals surface area contributed by atoms with Crippen molar-refractivity contribution >= 4 is 27.3 Å². The molecule has 1 N–H and O–H groups in total. The van der Waals surface area contributed by atoms with E-state index in [2.05, 4.69) is 15.9 Å². The summed E-state index contributed by atoms with van der Waals surface area (Å²) in [5.41, 5.74) is 1.96. The van der Waals surface area contributed by atoms with Gasteiger partial charge in [-0.2, -0.15) is 0 Å². The predicted molar refractivity (Wildman–Crippen MR) is 78.2 cm³/mol. The molecule has 0 fully saturated rings. The first-order valence-corrected chi connectivity index (χ1v) is 7.38. The van der Waals surface area contributed by atoms with Crippen molar-refractivity contribution in [2.24, 2.45) is 0 Å². The molecule has 0 spiro atoms. The molecule has 1 heterocycles. The molecule has 2 aromatic rings. The minimum Gasteiger partial charge on any atom is -0.488 e. The third-order valence-corrected chi connectivity index (χ3v) is 4.28. The third kappa shape index (κ3) is 3.34. The molecule has 0 amide bonds. The number of thiophene rings is 1. The highest BCUT2D eigenvalue weighted by Gasteiger charge is 2.10. The van der Waals surface area contributed by atoms with Crippen LogP contribution in [0.4, 0.5) is 0 Å². The molecular formula is C14H15BrO2S. The first-order valence-electron chi connectivity index (χ1n) is 5.70. The number of benzene rings is 1. The quantitative estimate of drug-likeness (QED) is 0.899. The second-order valence-electron chi connectivity index (χ2n) is 4.24. The van der Waals surface area contributed by atoms with E-state index in [-0.39, 0.29) is 0 Å². The molecule has 0 saturated carbocycles. The Labute approximate surface area is 119 Å². The zero-order valence-corrected chi connectivity index (χ0v) is 12.7. The molecule has 0 radical (unpaired) electrons. The summed E-state index contributed by atoms with van der Waals surface area (Å²) in [6, 6.07) is 7.91. The van der Waals surface area contributed by atoms with Crippen molar-refractivity contribution in [1.29, 1.82) is 0 Å². The highest BCUT2D eigenvalue weighted by atomic mass is 79.9. The fraction of sp³-hybridized carbons (Fsp3) is 0.286. The topological polar surface area (TPSA) is 29.5 Å². The standard InChI is InChI=1S/C14H15BrO2S/c1-9-3-4-14(13(5-9)10(2)16)17-7-12-6-11(15)8-18-12/h3-6,8,10,16H,7H2,1-2H3. The second kappa shape index (κ2) is 5.87. The van der Waals surface area contributed by atoms with Crippen LogP contribution >= 0.6 is 27.3 Å². The molecule has 1 atom stereocenters. The van der Waals surface area contributed by atoms with Gasteiger partial charge in [-0.1, -0.05) is 11.6 Å². The van der Waals surface area contributed by atoms with Crippen molar-refractivity contribution in [3.05, 3.63) is 50.1 Å². The number of rotatable bonds is 4. The van der Waals surface area contributed by atoms with Crippen LogP contribution in [0.25, 0.3) is 0 Å². The predicted octanol–water partition coefficient (Wildman–Crippen LogP) is 4.45. The average molecular weight is 327 g/mol. The summed E-state index contributed by atoms with van der Waals surface area (Å²) in [7, 11) is 0. The van der Waals surface area contributed by atoms with Crippen molar-refractivity contribution in [2.45, 2.75) is 26.6 Å². The second-order valence-corrected chi connectivity index (χ2v) is 6.15. The lowest BCUT2D eigenvalue weighted by Gasteiger charge is -2.13. The van der Waals surface area contributed by atoms with Gasteiger partial charge in [0.05, 0.1) is 6.10 Å². The number of hydrogen-bond acceptors (Lipinski definition) is 3. The van der Waals surface area contributed by atoms with Crippen LogP contribution in [0.5, 0.6) is 5.75 Å². The van der Waals surface area contributed by atoms with Crippen LogP contribution in [0, 0.1) is 6.92 Å². The first-order chi connectivity index (χ1) is 8.56. The summed E-state index contributed by atoms with van der Waals surface area (Å²) in [6.45, 7) is 4.29. The summed E-state index contributed by atoms with van der Waals surface area (Å²) in [6.07, 6.45) is -0.519. The normalized spacial score (nSPS) is 12.4. The Morgan fingerprint density at radius 2 is 2.17 bits per heavy atom. The Bertz CT molecular complexity index is 534. The van der Waals surface area contributed by atoms with Crippen molar-refractivity contribution < 1.29 is 9.84 Å². The van der Waals surface area contributed by atoms with Crippen LogP contribution in [-0.2, 0) is 6.61 Å². The van der Waals surface area contributed by atoms with Gasteiger partial charge >= 0.3 is 0 Å². The minimum absolute atomic E-state index is 0.519. The zero-order valence-electron chi connectivity index (χ0n) is 10.3. The lowest BCUT2D eigenvalue weighted by molar-refractivity contribution is 0.190. The average Bonchev–Trinajstić information content (AvgIpc) is 2.73. The number of aliphatic hydroxyl groups excluding tert-OH is 1. The maximum absolute atomic E-state index is 9.75. The molecule has 0 aliphatic carbocycles. The van der Waals surface area contributed by atoms with Gasteiger partial charge in [0.2, 0.25) is 0 Å². The van der Waals surface area contributed by atoms with Gasteiger partial charge in [-0.25, -0.2) is 0 Å². The van der Waals surface area contributed by atoms with E-state index in [1.165, 1.54) is 0 Å². The van der Waals surface area contributed by atoms with Gasteiger partial charge in [-0.15, -0.1) is 11.3 Å². The molecule has 18 heavy (non-hydrogen) atoms. The van der Waals surface area contributed by atoms with Crippen LogP contribution < -0.4 is 4.74 Å². The molecule has 0 bridgehead atoms. The summed E-state index contributed by atoms with van der Waals surface area (Å²) in [4.78, 5) is 1.15. The minimum atomic E-state index is -0.519. The summed E-state index contributed by atoms with van der Waals surface area (Å²) in [5, 5.41) is 11.8. The Kier molecular flexibility index (Phi) is 4.43. The van der Waals surface area contributed by atoms with E-state index < -0.39 is 6.10 Å². The van der Waals surface area contributed by atoms with E-state index in [9.17, 15) is 5.11 Å². The van der Waals surface area contributed by atoms with Crippen molar-refractivity contribution in [3.63, 3.8) is 0 Å². The van der Waals surface area contributed by atoms with Crippen molar-refractivity contribution in [1.82, 2.24) is 0 Å². The van der Waals surface area contributed by atoms with E-state index in [0.29, 0.717) is 6.61 Å². The Hall–Kier alpha value is -0.840. The number of aliphatic hydroxyl groups is 1. The molecular weight excluding hydrogens is 312 g/mol. The lowest BCUT2D eigenvalue weighted by atomic mass is 10.1. The van der Waals surface area contributed by atoms with Crippen LogP contribution in [0.2, 0.25) is 0 Å². The van der Waals surface area contributed by atoms with Gasteiger partial charge in [-0.3, -0.25) is 0 Å². The van der Waals surface area contributed by atoms with E-state index in [4.69, 9.17) is 4.74 Å². The first kappa shape index (κ1) is 13.6. The molecule has 4 heteroatoms. The number of halogens is 1. The zero-order chi connectivity index (χ0) is 13.1. The molecule has 1 aromatic heterocycles. The Morgan fingerprint density at radius 1 is 1.39 bits per heavy atom. The molecule has 96 valence electrons. The SMILES string of the molecule is Cc1ccc(OCc2cc(Br)cs2)c(C(C)O)c1. The van der Waals surface area contributed by atoms with Crippen LogP contribution in [0.15, 0.2) is 34.1 Å². The highest BCUT2D eigenvalue weighted by Crippen LogP contribution is 2.28. The molecule has 0 aliphatic heterocycles. The third-order valence-electron chi connectivity index (χ3n) is 2.61. The highest BCUT2D eigenvalue weighted by molar-refractivity contribution is 9.10. The molecule has 2 rings (SSSR count). The molecule has 1 aromatic carbocycles. The van der Waals surface area contributed by atoms with Crippen LogP contribution in [-0.4, -0.2) is 5.11 Å². The largest absolute Gasteiger partial charge is 0.488 e. The molecule has 0 aliphatic rings. The van der Waals surface area contributed by atoms with E-state index in [0.717, 1.165) is 26.2 Å². The number of ether oxygens (including phenoxy) is 1. The summed E-state index contributed by atoms with van der Waals surface area (Å²) < 4.78 is 6.86. The Morgan fingerprint density at radius 3 is 2.78 bits per heavy atom. The monoisotopic (exact) mass is 326 g/mol. The Balaban J connectivity index is 2.13. The van der Waals surface area contributed by atoms with Gasteiger partial charge in [0.15, 0.2) is 0 Å². The fourth-order valence-corrected chi connectivity index (χ4v) is 3.07. The maximum Gasteiger partial charge on any atom is 0.125 e. The fourth-order valence-electron chi connectivity index (χ4n) is 1.70. The van der Waals surface area contributed by atoms with Gasteiger partial charge in [-0.05, 0) is 48.0 Å². The number of aryl methyl sites for hydroxylation is 1. The van der Waals surface area contributed by atoms with Crippen molar-refractivity contribution in [3.8, 4) is 5.75 Å². The maximum atomic E-state index is 9.75. The smallest absolute Gasteiger partial charge is 0.125 e. The molecule has 0 saturated heterocycles. The van der Waals surface area contributed by atoms with Gasteiger partial charge in [0.25, 0.3) is 0 Å². The lowest BCUT2D eigenvalue weighted by Crippen LogP contribution is -2.00. The van der Waals surface area contributed by atoms with E-state index in [1.54, 1.807) is 18.3 Å². The van der Waals surface area contributed by atoms with Crippen molar-refractivity contribution in [2.75, 3.05) is 0 Å².